The number of allylic oxidation sites excluding steroid dienone is 1. The van der Waals surface area contributed by atoms with Crippen LogP contribution in [0.25, 0.3) is 5.83 Å². The predicted molar refractivity (Wildman–Crippen MR) is 115 cm³/mol. The second-order valence-electron chi connectivity index (χ2n) is 7.16. The summed E-state index contributed by atoms with van der Waals surface area (Å²) < 4.78 is 27.8. The number of hydrogen-bond acceptors (Lipinski definition) is 0. The highest BCUT2D eigenvalue weighted by Crippen LogP contribution is 2.25. The standard InChI is InChI=1S/C26H30F2/c1-3-5-7-8-9-21-11-13-22(14-12-21)15-16-23-17-19-24(20-18-23)26(28)25(27)10-6-4-2/h11-14,17-20H,3-10H2,1-2H3/b26-25-. The van der Waals surface area contributed by atoms with E-state index >= 15 is 0 Å². The van der Waals surface area contributed by atoms with Crippen molar-refractivity contribution in [3.63, 3.8) is 0 Å². The van der Waals surface area contributed by atoms with Crippen molar-refractivity contribution in [2.45, 2.75) is 65.2 Å². The Morgan fingerprint density at radius 3 is 1.86 bits per heavy atom. The predicted octanol–water partition coefficient (Wildman–Crippen LogP) is 8.01. The molecule has 2 rings (SSSR count). The average Bonchev–Trinajstić information content (AvgIpc) is 2.74. The highest BCUT2D eigenvalue weighted by molar-refractivity contribution is 5.62. The highest BCUT2D eigenvalue weighted by atomic mass is 19.2. The Morgan fingerprint density at radius 2 is 1.29 bits per heavy atom. The van der Waals surface area contributed by atoms with Crippen molar-refractivity contribution in [2.75, 3.05) is 0 Å². The molecule has 0 aliphatic heterocycles. The van der Waals surface area contributed by atoms with E-state index < -0.39 is 11.7 Å². The lowest BCUT2D eigenvalue weighted by Crippen LogP contribution is -1.86. The summed E-state index contributed by atoms with van der Waals surface area (Å²) in [6.45, 7) is 4.18. The molecule has 28 heavy (non-hydrogen) atoms. The van der Waals surface area contributed by atoms with Gasteiger partial charge in [-0.3, -0.25) is 0 Å². The van der Waals surface area contributed by atoms with E-state index in [4.69, 9.17) is 0 Å². The van der Waals surface area contributed by atoms with Crippen LogP contribution in [-0.2, 0) is 6.42 Å². The van der Waals surface area contributed by atoms with Crippen LogP contribution in [-0.4, -0.2) is 0 Å². The lowest BCUT2D eigenvalue weighted by Gasteiger charge is -2.02. The van der Waals surface area contributed by atoms with Gasteiger partial charge in [-0.1, -0.05) is 75.6 Å². The summed E-state index contributed by atoms with van der Waals surface area (Å²) in [5.41, 5.74) is 3.36. The van der Waals surface area contributed by atoms with E-state index in [0.717, 1.165) is 24.0 Å². The molecule has 0 saturated carbocycles. The molecule has 148 valence electrons. The number of aryl methyl sites for hydroxylation is 1. The fraction of sp³-hybridized carbons (Fsp3) is 0.385. The molecule has 0 spiro atoms. The van der Waals surface area contributed by atoms with Gasteiger partial charge < -0.3 is 0 Å². The minimum Gasteiger partial charge on any atom is -0.209 e. The minimum atomic E-state index is -0.762. The van der Waals surface area contributed by atoms with Gasteiger partial charge in [-0.15, -0.1) is 0 Å². The molecular weight excluding hydrogens is 350 g/mol. The molecule has 0 aromatic heterocycles. The Bertz CT molecular complexity index is 802. The topological polar surface area (TPSA) is 0 Å². The van der Waals surface area contributed by atoms with E-state index in [1.54, 1.807) is 24.3 Å². The molecule has 0 radical (unpaired) electrons. The monoisotopic (exact) mass is 380 g/mol. The second kappa shape index (κ2) is 12.1. The lowest BCUT2D eigenvalue weighted by molar-refractivity contribution is 0.548. The van der Waals surface area contributed by atoms with Crippen molar-refractivity contribution in [1.82, 2.24) is 0 Å². The Morgan fingerprint density at radius 1 is 0.714 bits per heavy atom. The van der Waals surface area contributed by atoms with E-state index in [1.807, 2.05) is 19.1 Å². The van der Waals surface area contributed by atoms with Gasteiger partial charge in [0.25, 0.3) is 0 Å². The molecule has 2 aromatic rings. The summed E-state index contributed by atoms with van der Waals surface area (Å²) in [4.78, 5) is 0. The third-order valence-electron chi connectivity index (χ3n) is 4.75. The molecule has 0 heterocycles. The molecule has 0 amide bonds. The van der Waals surface area contributed by atoms with Crippen molar-refractivity contribution in [2.24, 2.45) is 0 Å². The van der Waals surface area contributed by atoms with Crippen LogP contribution in [0.3, 0.4) is 0 Å². The fourth-order valence-corrected chi connectivity index (χ4v) is 2.95. The van der Waals surface area contributed by atoms with Crippen LogP contribution in [0, 0.1) is 11.8 Å². The first-order valence-electron chi connectivity index (χ1n) is 10.4. The summed E-state index contributed by atoms with van der Waals surface area (Å²) in [6.07, 6.45) is 7.83. The molecular formula is C26H30F2. The SMILES string of the molecule is CCCCCCc1ccc(C#Cc2ccc(/C(F)=C(/F)CCCC)cc2)cc1. The number of benzene rings is 2. The molecule has 0 unspecified atom stereocenters. The molecule has 0 nitrogen and oxygen atoms in total. The van der Waals surface area contributed by atoms with E-state index in [9.17, 15) is 8.78 Å². The molecule has 0 aliphatic carbocycles. The maximum atomic E-state index is 14.1. The smallest absolute Gasteiger partial charge is 0.161 e. The van der Waals surface area contributed by atoms with E-state index in [0.29, 0.717) is 6.42 Å². The number of unbranched alkanes of at least 4 members (excludes halogenated alkanes) is 4. The van der Waals surface area contributed by atoms with Crippen LogP contribution in [0.1, 0.15) is 81.0 Å². The van der Waals surface area contributed by atoms with E-state index in [1.165, 1.54) is 31.2 Å². The Balaban J connectivity index is 1.96. The Hall–Kier alpha value is -2.40. The van der Waals surface area contributed by atoms with Gasteiger partial charge in [0.1, 0.15) is 5.83 Å². The van der Waals surface area contributed by atoms with Crippen LogP contribution in [0.2, 0.25) is 0 Å². The maximum Gasteiger partial charge on any atom is 0.161 e. The number of hydrogen-bond donors (Lipinski definition) is 0. The van der Waals surface area contributed by atoms with Crippen LogP contribution in [0.5, 0.6) is 0 Å². The highest BCUT2D eigenvalue weighted by Gasteiger charge is 2.08. The molecule has 2 aromatic carbocycles. The molecule has 0 aliphatic rings. The first-order chi connectivity index (χ1) is 13.6. The summed E-state index contributed by atoms with van der Waals surface area (Å²) in [5.74, 6) is 4.79. The van der Waals surface area contributed by atoms with Gasteiger partial charge in [-0.25, -0.2) is 8.78 Å². The zero-order chi connectivity index (χ0) is 20.2. The van der Waals surface area contributed by atoms with Gasteiger partial charge in [0.15, 0.2) is 5.83 Å². The van der Waals surface area contributed by atoms with Gasteiger partial charge in [0.2, 0.25) is 0 Å². The van der Waals surface area contributed by atoms with Crippen LogP contribution < -0.4 is 0 Å². The van der Waals surface area contributed by atoms with Crippen molar-refractivity contribution in [3.8, 4) is 11.8 Å². The maximum absolute atomic E-state index is 14.1. The zero-order valence-corrected chi connectivity index (χ0v) is 17.0. The van der Waals surface area contributed by atoms with E-state index in [2.05, 4.69) is 30.9 Å². The van der Waals surface area contributed by atoms with Crippen molar-refractivity contribution >= 4 is 5.83 Å². The first kappa shape index (κ1) is 21.9. The fourth-order valence-electron chi connectivity index (χ4n) is 2.95. The molecule has 0 fully saturated rings. The summed E-state index contributed by atoms with van der Waals surface area (Å²) in [7, 11) is 0. The third-order valence-corrected chi connectivity index (χ3v) is 4.75. The molecule has 0 bridgehead atoms. The quantitative estimate of drug-likeness (QED) is 0.305. The Labute approximate surface area is 168 Å². The average molecular weight is 381 g/mol. The van der Waals surface area contributed by atoms with Gasteiger partial charge in [-0.2, -0.15) is 0 Å². The summed E-state index contributed by atoms with van der Waals surface area (Å²) in [5, 5.41) is 0. The molecule has 2 heteroatoms. The summed E-state index contributed by atoms with van der Waals surface area (Å²) in [6, 6.07) is 15.0. The van der Waals surface area contributed by atoms with Crippen molar-refractivity contribution in [1.29, 1.82) is 0 Å². The van der Waals surface area contributed by atoms with Gasteiger partial charge in [0, 0.05) is 23.1 Å². The first-order valence-corrected chi connectivity index (χ1v) is 10.4. The normalized spacial score (nSPS) is 11.6. The third kappa shape index (κ3) is 7.31. The van der Waals surface area contributed by atoms with Gasteiger partial charge >= 0.3 is 0 Å². The largest absolute Gasteiger partial charge is 0.209 e. The molecule has 0 saturated heterocycles. The minimum absolute atomic E-state index is 0.151. The number of rotatable bonds is 9. The molecule has 0 N–H and O–H groups in total. The van der Waals surface area contributed by atoms with Gasteiger partial charge in [0.05, 0.1) is 0 Å². The van der Waals surface area contributed by atoms with Gasteiger partial charge in [-0.05, 0) is 49.1 Å². The summed E-state index contributed by atoms with van der Waals surface area (Å²) >= 11 is 0. The van der Waals surface area contributed by atoms with Crippen molar-refractivity contribution < 1.29 is 8.78 Å². The Kier molecular flexibility index (Phi) is 9.49. The molecule has 0 atom stereocenters. The van der Waals surface area contributed by atoms with Crippen molar-refractivity contribution in [3.05, 3.63) is 76.6 Å². The number of halogens is 2. The second-order valence-corrected chi connectivity index (χ2v) is 7.16. The van der Waals surface area contributed by atoms with Crippen LogP contribution in [0.4, 0.5) is 8.78 Å². The lowest BCUT2D eigenvalue weighted by atomic mass is 10.0. The van der Waals surface area contributed by atoms with Crippen LogP contribution in [0.15, 0.2) is 54.4 Å². The van der Waals surface area contributed by atoms with E-state index in [-0.39, 0.29) is 12.0 Å². The van der Waals surface area contributed by atoms with Crippen LogP contribution >= 0.6 is 0 Å². The zero-order valence-electron chi connectivity index (χ0n) is 17.0.